The Morgan fingerprint density at radius 3 is 2.29 bits per heavy atom. The molecule has 0 bridgehead atoms. The molecule has 7 nitrogen and oxygen atoms in total. The minimum Gasteiger partial charge on any atom is -0.373 e. The number of amides is 3. The van der Waals surface area contributed by atoms with Crippen LogP contribution in [0.3, 0.4) is 0 Å². The maximum absolute atomic E-state index is 12.6. The van der Waals surface area contributed by atoms with Gasteiger partial charge in [0.1, 0.15) is 0 Å². The van der Waals surface area contributed by atoms with E-state index in [1.54, 1.807) is 0 Å². The molecule has 0 aromatic rings. The van der Waals surface area contributed by atoms with Crippen LogP contribution in [0.4, 0.5) is 4.79 Å². The monoisotopic (exact) mass is 340 g/mol. The van der Waals surface area contributed by atoms with Gasteiger partial charge in [-0.1, -0.05) is 0 Å². The lowest BCUT2D eigenvalue weighted by molar-refractivity contribution is -0.132. The number of urea groups is 1. The fourth-order valence-corrected chi connectivity index (χ4v) is 3.51. The van der Waals surface area contributed by atoms with Crippen LogP contribution in [0.2, 0.25) is 0 Å². The molecule has 138 valence electrons. The first-order valence-corrected chi connectivity index (χ1v) is 9.13. The van der Waals surface area contributed by atoms with Crippen molar-refractivity contribution in [2.45, 2.75) is 64.8 Å². The van der Waals surface area contributed by atoms with Gasteiger partial charge in [-0.25, -0.2) is 4.79 Å². The lowest BCUT2D eigenvalue weighted by Gasteiger charge is -2.39. The van der Waals surface area contributed by atoms with E-state index < -0.39 is 0 Å². The highest BCUT2D eigenvalue weighted by Crippen LogP contribution is 2.15. The van der Waals surface area contributed by atoms with Crippen molar-refractivity contribution >= 4 is 11.9 Å². The molecule has 0 saturated carbocycles. The van der Waals surface area contributed by atoms with Gasteiger partial charge in [0.15, 0.2) is 0 Å². The number of nitrogens with one attached hydrogen (secondary N) is 2. The number of hydrogen-bond acceptors (Lipinski definition) is 4. The predicted octanol–water partition coefficient (Wildman–Crippen LogP) is 0.794. The van der Waals surface area contributed by atoms with Crippen LogP contribution in [0.5, 0.6) is 0 Å². The molecule has 0 spiro atoms. The Bertz CT molecular complexity index is 428. The van der Waals surface area contributed by atoms with E-state index in [0.29, 0.717) is 19.6 Å². The molecule has 0 unspecified atom stereocenters. The maximum Gasteiger partial charge on any atom is 0.317 e. The zero-order chi connectivity index (χ0) is 17.7. The third-order valence-corrected chi connectivity index (χ3v) is 4.83. The first-order valence-electron chi connectivity index (χ1n) is 9.13. The summed E-state index contributed by atoms with van der Waals surface area (Å²) in [5, 5.41) is 5.98. The highest BCUT2D eigenvalue weighted by molar-refractivity contribution is 5.81. The van der Waals surface area contributed by atoms with E-state index in [4.69, 9.17) is 4.74 Å². The van der Waals surface area contributed by atoms with Gasteiger partial charge in [-0.05, 0) is 40.5 Å². The molecule has 2 fully saturated rings. The van der Waals surface area contributed by atoms with E-state index >= 15 is 0 Å². The summed E-state index contributed by atoms with van der Waals surface area (Å²) in [5.74, 6) is 0.0766. The lowest BCUT2D eigenvalue weighted by Crippen LogP contribution is -2.56. The highest BCUT2D eigenvalue weighted by atomic mass is 16.5. The van der Waals surface area contributed by atoms with E-state index in [0.717, 1.165) is 25.9 Å². The maximum atomic E-state index is 12.6. The Morgan fingerprint density at radius 2 is 1.75 bits per heavy atom. The molecule has 24 heavy (non-hydrogen) atoms. The summed E-state index contributed by atoms with van der Waals surface area (Å²) >= 11 is 0. The molecule has 3 atom stereocenters. The molecule has 2 aliphatic heterocycles. The summed E-state index contributed by atoms with van der Waals surface area (Å²) in [6.45, 7) is 11.6. The standard InChI is InChI=1S/C17H32N4O3/c1-5-18-17(23)20-8-6-15(7-9-20)19-16(22)14(4)21-10-12(2)24-13(3)11-21/h12-15H,5-11H2,1-4H3,(H,18,23)(H,19,22)/t12-,13+,14-/m1/s1. The molecule has 7 heteroatoms. The smallest absolute Gasteiger partial charge is 0.317 e. The van der Waals surface area contributed by atoms with E-state index in [9.17, 15) is 9.59 Å². The van der Waals surface area contributed by atoms with Crippen molar-refractivity contribution in [2.75, 3.05) is 32.7 Å². The Hall–Kier alpha value is -1.34. The summed E-state index contributed by atoms with van der Waals surface area (Å²) < 4.78 is 5.73. The molecule has 2 aliphatic rings. The van der Waals surface area contributed by atoms with Crippen molar-refractivity contribution in [3.63, 3.8) is 0 Å². The Kier molecular flexibility index (Phi) is 6.86. The van der Waals surface area contributed by atoms with Crippen LogP contribution in [-0.4, -0.2) is 78.8 Å². The Balaban J connectivity index is 1.77. The molecular weight excluding hydrogens is 308 g/mol. The number of piperidine rings is 1. The molecule has 2 N–H and O–H groups in total. The van der Waals surface area contributed by atoms with Crippen molar-refractivity contribution in [1.29, 1.82) is 0 Å². The second kappa shape index (κ2) is 8.67. The molecule has 0 aromatic carbocycles. The number of rotatable bonds is 4. The van der Waals surface area contributed by atoms with Crippen molar-refractivity contribution in [3.05, 3.63) is 0 Å². The summed E-state index contributed by atoms with van der Waals surface area (Å²) in [4.78, 5) is 28.4. The van der Waals surface area contributed by atoms with Gasteiger partial charge in [0.05, 0.1) is 18.2 Å². The molecule has 2 rings (SSSR count). The van der Waals surface area contributed by atoms with Crippen molar-refractivity contribution in [2.24, 2.45) is 0 Å². The highest BCUT2D eigenvalue weighted by Gasteiger charge is 2.31. The summed E-state index contributed by atoms with van der Waals surface area (Å²) in [7, 11) is 0. The number of ether oxygens (including phenoxy) is 1. The number of likely N-dealkylation sites (tertiary alicyclic amines) is 1. The summed E-state index contributed by atoms with van der Waals surface area (Å²) in [6.07, 6.45) is 1.94. The second-order valence-electron chi connectivity index (χ2n) is 6.99. The number of hydrogen-bond donors (Lipinski definition) is 2. The SMILES string of the molecule is CCNC(=O)N1CCC(NC(=O)[C@@H](C)N2C[C@@H](C)O[C@@H](C)C2)CC1. The van der Waals surface area contributed by atoms with Crippen LogP contribution in [0.15, 0.2) is 0 Å². The topological polar surface area (TPSA) is 73.9 Å². The first kappa shape index (κ1) is 19.0. The largest absolute Gasteiger partial charge is 0.373 e. The van der Waals surface area contributed by atoms with Gasteiger partial charge in [0.2, 0.25) is 5.91 Å². The second-order valence-corrected chi connectivity index (χ2v) is 6.99. The van der Waals surface area contributed by atoms with Crippen LogP contribution >= 0.6 is 0 Å². The third kappa shape index (κ3) is 5.08. The zero-order valence-corrected chi connectivity index (χ0v) is 15.4. The van der Waals surface area contributed by atoms with Gasteiger partial charge >= 0.3 is 6.03 Å². The number of carbonyl (C=O) groups excluding carboxylic acids is 2. The van der Waals surface area contributed by atoms with E-state index in [1.165, 1.54) is 0 Å². The number of carbonyl (C=O) groups is 2. The zero-order valence-electron chi connectivity index (χ0n) is 15.4. The van der Waals surface area contributed by atoms with Crippen molar-refractivity contribution in [1.82, 2.24) is 20.4 Å². The molecule has 0 aliphatic carbocycles. The van der Waals surface area contributed by atoms with Crippen molar-refractivity contribution in [3.8, 4) is 0 Å². The van der Waals surface area contributed by atoms with Crippen molar-refractivity contribution < 1.29 is 14.3 Å². The average Bonchev–Trinajstić information content (AvgIpc) is 2.54. The fourth-order valence-electron chi connectivity index (χ4n) is 3.51. The molecular formula is C17H32N4O3. The minimum atomic E-state index is -0.153. The van der Waals surface area contributed by atoms with Gasteiger partial charge in [-0.2, -0.15) is 0 Å². The molecule has 2 saturated heterocycles. The quantitative estimate of drug-likeness (QED) is 0.794. The molecule has 0 radical (unpaired) electrons. The number of nitrogens with zero attached hydrogens (tertiary/aromatic N) is 2. The predicted molar refractivity (Wildman–Crippen MR) is 92.9 cm³/mol. The van der Waals surface area contributed by atoms with Gasteiger partial charge in [0.25, 0.3) is 0 Å². The van der Waals surface area contributed by atoms with Gasteiger partial charge < -0.3 is 20.3 Å². The summed E-state index contributed by atoms with van der Waals surface area (Å²) in [6, 6.07) is -0.00586. The van der Waals surface area contributed by atoms with Crippen LogP contribution < -0.4 is 10.6 Å². The molecule has 3 amide bonds. The number of morpholine rings is 1. The first-order chi connectivity index (χ1) is 11.4. The van der Waals surface area contributed by atoms with Crippen LogP contribution in [0, 0.1) is 0 Å². The van der Waals surface area contributed by atoms with E-state index in [2.05, 4.69) is 15.5 Å². The van der Waals surface area contributed by atoms with Crippen LogP contribution in [-0.2, 0) is 9.53 Å². The van der Waals surface area contributed by atoms with Gasteiger partial charge in [-0.15, -0.1) is 0 Å². The van der Waals surface area contributed by atoms with Crippen LogP contribution in [0.25, 0.3) is 0 Å². The molecule has 0 aromatic heterocycles. The third-order valence-electron chi connectivity index (χ3n) is 4.83. The minimum absolute atomic E-state index is 0.00747. The molecule has 2 heterocycles. The van der Waals surface area contributed by atoms with E-state index in [1.807, 2.05) is 32.6 Å². The van der Waals surface area contributed by atoms with Gasteiger partial charge in [-0.3, -0.25) is 9.69 Å². The van der Waals surface area contributed by atoms with E-state index in [-0.39, 0.29) is 36.2 Å². The average molecular weight is 340 g/mol. The van der Waals surface area contributed by atoms with Gasteiger partial charge in [0, 0.05) is 38.8 Å². The summed E-state index contributed by atoms with van der Waals surface area (Å²) in [5.41, 5.74) is 0. The Morgan fingerprint density at radius 1 is 1.17 bits per heavy atom. The fraction of sp³-hybridized carbons (Fsp3) is 0.882. The van der Waals surface area contributed by atoms with Crippen LogP contribution in [0.1, 0.15) is 40.5 Å². The Labute approximate surface area is 145 Å². The normalized spacial score (nSPS) is 27.6. The lowest BCUT2D eigenvalue weighted by atomic mass is 10.0.